The van der Waals surface area contributed by atoms with Gasteiger partial charge in [0.05, 0.1) is 5.75 Å². The third-order valence-corrected chi connectivity index (χ3v) is 4.04. The molecule has 0 aliphatic heterocycles. The number of unbranched alkanes of at least 4 members (excludes halogenated alkanes) is 5. The number of hydrogen-bond donors (Lipinski definition) is 1. The number of phenols is 1. The number of rotatable bonds is 9. The van der Waals surface area contributed by atoms with E-state index in [4.69, 9.17) is 9.29 Å². The van der Waals surface area contributed by atoms with Crippen LogP contribution in [0.2, 0.25) is 0 Å². The lowest BCUT2D eigenvalue weighted by molar-refractivity contribution is 0.467. The molecule has 1 rings (SSSR count). The Morgan fingerprint density at radius 1 is 1.00 bits per heavy atom. The van der Waals surface area contributed by atoms with Crippen molar-refractivity contribution in [3.8, 4) is 11.5 Å². The summed E-state index contributed by atoms with van der Waals surface area (Å²) in [4.78, 5) is 0. The van der Waals surface area contributed by atoms with Crippen molar-refractivity contribution in [1.82, 2.24) is 0 Å². The van der Waals surface area contributed by atoms with Crippen molar-refractivity contribution in [2.45, 2.75) is 45.4 Å². The first-order valence-electron chi connectivity index (χ1n) is 6.74. The Bertz CT molecular complexity index is 451. The SMILES string of the molecule is CCCCCCCCS(=O)(=O)Oc1ccc(O)cc1. The molecule has 0 fully saturated rings. The molecule has 1 N–H and O–H groups in total. The zero-order valence-corrected chi connectivity index (χ0v) is 12.2. The smallest absolute Gasteiger partial charge is 0.309 e. The maximum absolute atomic E-state index is 11.7. The highest BCUT2D eigenvalue weighted by Gasteiger charge is 2.12. The molecule has 5 heteroatoms. The predicted octanol–water partition coefficient (Wildman–Crippen LogP) is 3.46. The van der Waals surface area contributed by atoms with E-state index >= 15 is 0 Å². The van der Waals surface area contributed by atoms with Crippen LogP contribution in [0.15, 0.2) is 24.3 Å². The molecule has 108 valence electrons. The first-order valence-corrected chi connectivity index (χ1v) is 8.32. The molecule has 4 nitrogen and oxygen atoms in total. The summed E-state index contributed by atoms with van der Waals surface area (Å²) < 4.78 is 28.3. The van der Waals surface area contributed by atoms with E-state index in [2.05, 4.69) is 6.92 Å². The van der Waals surface area contributed by atoms with E-state index in [1.54, 1.807) is 0 Å². The number of phenolic OH excluding ortho intramolecular Hbond substituents is 1. The van der Waals surface area contributed by atoms with Crippen LogP contribution in [0.25, 0.3) is 0 Å². The Labute approximate surface area is 115 Å². The summed E-state index contributed by atoms with van der Waals surface area (Å²) in [6, 6.07) is 5.67. The standard InChI is InChI=1S/C14H22O4S/c1-2-3-4-5-6-7-12-19(16,17)18-14-10-8-13(15)9-11-14/h8-11,15H,2-7,12H2,1H3. The van der Waals surface area contributed by atoms with Gasteiger partial charge in [-0.1, -0.05) is 39.0 Å². The van der Waals surface area contributed by atoms with Crippen LogP contribution in [-0.2, 0) is 10.1 Å². The van der Waals surface area contributed by atoms with Crippen LogP contribution >= 0.6 is 0 Å². The molecule has 0 saturated heterocycles. The van der Waals surface area contributed by atoms with Crippen LogP contribution in [0.4, 0.5) is 0 Å². The molecule has 0 bridgehead atoms. The van der Waals surface area contributed by atoms with Gasteiger partial charge in [0.15, 0.2) is 0 Å². The zero-order valence-electron chi connectivity index (χ0n) is 11.3. The molecule has 0 heterocycles. The molecule has 0 aliphatic carbocycles. The quantitative estimate of drug-likeness (QED) is 0.558. The van der Waals surface area contributed by atoms with Crippen LogP contribution in [0, 0.1) is 0 Å². The van der Waals surface area contributed by atoms with Crippen LogP contribution in [0.1, 0.15) is 45.4 Å². The Morgan fingerprint density at radius 3 is 2.21 bits per heavy atom. The zero-order chi connectivity index (χ0) is 14.1. The Kier molecular flexibility index (Phi) is 6.70. The van der Waals surface area contributed by atoms with Gasteiger partial charge in [-0.3, -0.25) is 0 Å². The summed E-state index contributed by atoms with van der Waals surface area (Å²) in [6.45, 7) is 2.15. The van der Waals surface area contributed by atoms with E-state index < -0.39 is 10.1 Å². The second-order valence-corrected chi connectivity index (χ2v) is 6.30. The fourth-order valence-corrected chi connectivity index (χ4v) is 2.79. The number of hydrogen-bond acceptors (Lipinski definition) is 4. The van der Waals surface area contributed by atoms with E-state index in [0.29, 0.717) is 6.42 Å². The molecule has 0 amide bonds. The van der Waals surface area contributed by atoms with Crippen molar-refractivity contribution in [1.29, 1.82) is 0 Å². The molecule has 0 spiro atoms. The van der Waals surface area contributed by atoms with Gasteiger partial charge < -0.3 is 9.29 Å². The summed E-state index contributed by atoms with van der Waals surface area (Å²) in [5.41, 5.74) is 0. The molecule has 0 atom stereocenters. The van der Waals surface area contributed by atoms with E-state index in [0.717, 1.165) is 19.3 Å². The second kappa shape index (κ2) is 8.04. The normalized spacial score (nSPS) is 11.4. The molecule has 19 heavy (non-hydrogen) atoms. The Balaban J connectivity index is 2.30. The lowest BCUT2D eigenvalue weighted by Crippen LogP contribution is -2.13. The van der Waals surface area contributed by atoms with Crippen LogP contribution in [0.3, 0.4) is 0 Å². The third kappa shape index (κ3) is 7.06. The molecular formula is C14H22O4S. The van der Waals surface area contributed by atoms with Gasteiger partial charge in [-0.15, -0.1) is 0 Å². The van der Waals surface area contributed by atoms with Crippen molar-refractivity contribution in [2.24, 2.45) is 0 Å². The van der Waals surface area contributed by atoms with Gasteiger partial charge in [-0.25, -0.2) is 0 Å². The van der Waals surface area contributed by atoms with Crippen molar-refractivity contribution >= 4 is 10.1 Å². The average Bonchev–Trinajstić information content (AvgIpc) is 2.36. The number of benzene rings is 1. The van der Waals surface area contributed by atoms with E-state index in [1.807, 2.05) is 0 Å². The van der Waals surface area contributed by atoms with Crippen molar-refractivity contribution in [3.05, 3.63) is 24.3 Å². The number of aromatic hydroxyl groups is 1. The first-order chi connectivity index (χ1) is 9.03. The van der Waals surface area contributed by atoms with E-state index in [-0.39, 0.29) is 17.3 Å². The van der Waals surface area contributed by atoms with Gasteiger partial charge >= 0.3 is 10.1 Å². The summed E-state index contributed by atoms with van der Waals surface area (Å²) in [6.07, 6.45) is 6.17. The van der Waals surface area contributed by atoms with Gasteiger partial charge in [0.2, 0.25) is 0 Å². The van der Waals surface area contributed by atoms with Crippen LogP contribution < -0.4 is 4.18 Å². The van der Waals surface area contributed by atoms with Gasteiger partial charge in [-0.05, 0) is 30.7 Å². The molecule has 1 aromatic carbocycles. The lowest BCUT2D eigenvalue weighted by Gasteiger charge is -2.07. The van der Waals surface area contributed by atoms with Crippen LogP contribution in [-0.4, -0.2) is 19.3 Å². The molecule has 0 aromatic heterocycles. The van der Waals surface area contributed by atoms with E-state index in [9.17, 15) is 8.42 Å². The minimum Gasteiger partial charge on any atom is -0.508 e. The molecule has 0 unspecified atom stereocenters. The second-order valence-electron chi connectivity index (χ2n) is 4.61. The van der Waals surface area contributed by atoms with Crippen molar-refractivity contribution in [2.75, 3.05) is 5.75 Å². The van der Waals surface area contributed by atoms with Gasteiger partial charge in [0.1, 0.15) is 11.5 Å². The highest BCUT2D eigenvalue weighted by molar-refractivity contribution is 7.87. The highest BCUT2D eigenvalue weighted by Crippen LogP contribution is 2.18. The Hall–Kier alpha value is -1.23. The fourth-order valence-electron chi connectivity index (χ4n) is 1.75. The van der Waals surface area contributed by atoms with Crippen molar-refractivity contribution < 1.29 is 17.7 Å². The average molecular weight is 286 g/mol. The summed E-state index contributed by atoms with van der Waals surface area (Å²) >= 11 is 0. The van der Waals surface area contributed by atoms with Crippen LogP contribution in [0.5, 0.6) is 11.5 Å². The minimum atomic E-state index is -3.52. The first kappa shape index (κ1) is 15.8. The van der Waals surface area contributed by atoms with Crippen molar-refractivity contribution in [3.63, 3.8) is 0 Å². The van der Waals surface area contributed by atoms with Gasteiger partial charge in [0, 0.05) is 0 Å². The third-order valence-electron chi connectivity index (χ3n) is 2.81. The lowest BCUT2D eigenvalue weighted by atomic mass is 10.1. The molecule has 0 saturated carbocycles. The van der Waals surface area contributed by atoms with Gasteiger partial charge in [-0.2, -0.15) is 8.42 Å². The maximum atomic E-state index is 11.7. The maximum Gasteiger partial charge on any atom is 0.309 e. The topological polar surface area (TPSA) is 63.6 Å². The highest BCUT2D eigenvalue weighted by atomic mass is 32.2. The predicted molar refractivity (Wildman–Crippen MR) is 75.9 cm³/mol. The molecular weight excluding hydrogens is 264 g/mol. The molecule has 0 aliphatic rings. The van der Waals surface area contributed by atoms with E-state index in [1.165, 1.54) is 37.1 Å². The largest absolute Gasteiger partial charge is 0.508 e. The molecule has 1 aromatic rings. The van der Waals surface area contributed by atoms with Gasteiger partial charge in [0.25, 0.3) is 0 Å². The monoisotopic (exact) mass is 286 g/mol. The molecule has 0 radical (unpaired) electrons. The summed E-state index contributed by atoms with van der Waals surface area (Å²) in [7, 11) is -3.52. The summed E-state index contributed by atoms with van der Waals surface area (Å²) in [5, 5.41) is 9.09. The summed E-state index contributed by atoms with van der Waals surface area (Å²) in [5.74, 6) is 0.365. The minimum absolute atomic E-state index is 0.0417. The fraction of sp³-hybridized carbons (Fsp3) is 0.571. The Morgan fingerprint density at radius 2 is 1.58 bits per heavy atom.